The number of halogens is 2. The van der Waals surface area contributed by atoms with E-state index in [1.54, 1.807) is 0 Å². The number of nitrogens with zero attached hydrogens (tertiary/aromatic N) is 1. The molecule has 8 nitrogen and oxygen atoms in total. The highest BCUT2D eigenvalue weighted by atomic mass is 19.3. The number of hydrogen-bond acceptors (Lipinski definition) is 5. The number of carbonyl (C=O) groups excluding carboxylic acids is 1. The summed E-state index contributed by atoms with van der Waals surface area (Å²) in [7, 11) is 0. The van der Waals surface area contributed by atoms with Gasteiger partial charge in [0.2, 0.25) is 0 Å². The van der Waals surface area contributed by atoms with Crippen LogP contribution in [0.15, 0.2) is 18.2 Å². The van der Waals surface area contributed by atoms with Gasteiger partial charge in [0, 0.05) is 25.3 Å². The number of alkyl halides is 2. The zero-order valence-electron chi connectivity index (χ0n) is 12.0. The van der Waals surface area contributed by atoms with Crippen molar-refractivity contribution >= 4 is 17.4 Å². The van der Waals surface area contributed by atoms with E-state index in [-0.39, 0.29) is 29.8 Å². The quantitative estimate of drug-likeness (QED) is 0.616. The van der Waals surface area contributed by atoms with Crippen LogP contribution in [-0.4, -0.2) is 36.8 Å². The van der Waals surface area contributed by atoms with Gasteiger partial charge in [-0.1, -0.05) is 0 Å². The summed E-state index contributed by atoms with van der Waals surface area (Å²) in [6, 6.07) is 2.26. The summed E-state index contributed by atoms with van der Waals surface area (Å²) in [5, 5.41) is 15.5. The lowest BCUT2D eigenvalue weighted by Crippen LogP contribution is -2.35. The lowest BCUT2D eigenvalue weighted by Gasteiger charge is -2.14. The van der Waals surface area contributed by atoms with E-state index in [0.717, 1.165) is 31.0 Å². The zero-order valence-corrected chi connectivity index (χ0v) is 12.0. The van der Waals surface area contributed by atoms with Crippen LogP contribution in [0.5, 0.6) is 5.75 Å². The molecule has 2 N–H and O–H groups in total. The molecule has 10 heteroatoms. The molecule has 23 heavy (non-hydrogen) atoms. The molecule has 0 spiro atoms. The average molecular weight is 331 g/mol. The first-order valence-corrected chi connectivity index (χ1v) is 6.85. The highest BCUT2D eigenvalue weighted by Gasteiger charge is 2.19. The molecule has 0 unspecified atom stereocenters. The Labute approximate surface area is 129 Å². The molecular formula is C13H15F2N3O5. The van der Waals surface area contributed by atoms with Crippen LogP contribution in [0.25, 0.3) is 0 Å². The van der Waals surface area contributed by atoms with Gasteiger partial charge in [0.05, 0.1) is 16.7 Å². The molecule has 1 heterocycles. The predicted octanol–water partition coefficient (Wildman–Crippen LogP) is 2.50. The van der Waals surface area contributed by atoms with Crippen LogP contribution >= 0.6 is 0 Å². The summed E-state index contributed by atoms with van der Waals surface area (Å²) >= 11 is 0. The van der Waals surface area contributed by atoms with Crippen molar-refractivity contribution in [1.29, 1.82) is 0 Å². The first-order valence-electron chi connectivity index (χ1n) is 6.85. The Bertz CT molecular complexity index is 579. The molecule has 2 amide bonds. The maximum Gasteiger partial charge on any atom is 0.387 e. The summed E-state index contributed by atoms with van der Waals surface area (Å²) in [6.07, 6.45) is 1.63. The number of amides is 2. The predicted molar refractivity (Wildman–Crippen MR) is 75.7 cm³/mol. The van der Waals surface area contributed by atoms with Crippen LogP contribution in [0.1, 0.15) is 12.8 Å². The third-order valence-electron chi connectivity index (χ3n) is 3.15. The summed E-state index contributed by atoms with van der Waals surface area (Å²) in [6.45, 7) is -2.23. The first-order chi connectivity index (χ1) is 11.0. The van der Waals surface area contributed by atoms with Crippen molar-refractivity contribution in [3.8, 4) is 5.75 Å². The SMILES string of the molecule is O=C(NC[C@@H]1CCCO1)Nc1cc([N+](=O)[O-])ccc1OC(F)F. The maximum atomic E-state index is 12.3. The molecular weight excluding hydrogens is 316 g/mol. The minimum absolute atomic E-state index is 0.0948. The monoisotopic (exact) mass is 331 g/mol. The van der Waals surface area contributed by atoms with Crippen molar-refractivity contribution in [2.45, 2.75) is 25.6 Å². The highest BCUT2D eigenvalue weighted by molar-refractivity contribution is 5.91. The number of ether oxygens (including phenoxy) is 2. The van der Waals surface area contributed by atoms with Crippen LogP contribution in [0.3, 0.4) is 0 Å². The van der Waals surface area contributed by atoms with Gasteiger partial charge in [-0.3, -0.25) is 10.1 Å². The Kier molecular flexibility index (Phi) is 5.63. The number of hydrogen-bond donors (Lipinski definition) is 2. The van der Waals surface area contributed by atoms with Gasteiger partial charge in [0.15, 0.2) is 0 Å². The number of carbonyl (C=O) groups is 1. The van der Waals surface area contributed by atoms with E-state index in [2.05, 4.69) is 15.4 Å². The molecule has 0 saturated carbocycles. The minimum Gasteiger partial charge on any atom is -0.433 e. The fraction of sp³-hybridized carbons (Fsp3) is 0.462. The Morgan fingerprint density at radius 2 is 2.30 bits per heavy atom. The molecule has 1 aromatic rings. The van der Waals surface area contributed by atoms with E-state index in [4.69, 9.17) is 4.74 Å². The van der Waals surface area contributed by atoms with Gasteiger partial charge in [0.25, 0.3) is 5.69 Å². The van der Waals surface area contributed by atoms with Gasteiger partial charge in [-0.15, -0.1) is 0 Å². The number of benzene rings is 1. The average Bonchev–Trinajstić information content (AvgIpc) is 2.99. The standard InChI is InChI=1S/C13H15F2N3O5/c14-12(15)23-11-4-3-8(18(20)21)6-10(11)17-13(19)16-7-9-2-1-5-22-9/h3-4,6,9,12H,1-2,5,7H2,(H2,16,17,19)/t9-/m0/s1. The van der Waals surface area contributed by atoms with E-state index in [1.165, 1.54) is 0 Å². The molecule has 1 aliphatic heterocycles. The number of nitro groups is 1. The van der Waals surface area contributed by atoms with Crippen LogP contribution in [0.4, 0.5) is 25.0 Å². The molecule has 0 aromatic heterocycles. The van der Waals surface area contributed by atoms with Crippen LogP contribution in [-0.2, 0) is 4.74 Å². The maximum absolute atomic E-state index is 12.3. The summed E-state index contributed by atoms with van der Waals surface area (Å²) in [5.41, 5.74) is -0.578. The van der Waals surface area contributed by atoms with Gasteiger partial charge in [-0.25, -0.2) is 4.79 Å². The number of anilines is 1. The van der Waals surface area contributed by atoms with Crippen LogP contribution < -0.4 is 15.4 Å². The van der Waals surface area contributed by atoms with Crippen molar-refractivity contribution in [3.05, 3.63) is 28.3 Å². The van der Waals surface area contributed by atoms with Crippen molar-refractivity contribution in [2.24, 2.45) is 0 Å². The molecule has 1 atom stereocenters. The van der Waals surface area contributed by atoms with Crippen molar-refractivity contribution in [2.75, 3.05) is 18.5 Å². The molecule has 1 aromatic carbocycles. The van der Waals surface area contributed by atoms with Gasteiger partial charge in [-0.05, 0) is 18.9 Å². The second kappa shape index (κ2) is 7.68. The van der Waals surface area contributed by atoms with Crippen molar-refractivity contribution in [3.63, 3.8) is 0 Å². The lowest BCUT2D eigenvalue weighted by molar-refractivity contribution is -0.384. The second-order valence-corrected chi connectivity index (χ2v) is 4.79. The van der Waals surface area contributed by atoms with Gasteiger partial charge in [0.1, 0.15) is 5.75 Å². The molecule has 0 aliphatic carbocycles. The number of nitro benzene ring substituents is 1. The van der Waals surface area contributed by atoms with Crippen molar-refractivity contribution in [1.82, 2.24) is 5.32 Å². The smallest absolute Gasteiger partial charge is 0.387 e. The van der Waals surface area contributed by atoms with Gasteiger partial charge >= 0.3 is 12.6 Å². The van der Waals surface area contributed by atoms with E-state index >= 15 is 0 Å². The van der Waals surface area contributed by atoms with E-state index in [1.807, 2.05) is 0 Å². The van der Waals surface area contributed by atoms with Crippen LogP contribution in [0, 0.1) is 10.1 Å². The third kappa shape index (κ3) is 5.02. The number of nitrogens with one attached hydrogen (secondary N) is 2. The zero-order chi connectivity index (χ0) is 16.8. The highest BCUT2D eigenvalue weighted by Crippen LogP contribution is 2.30. The number of rotatable bonds is 6. The molecule has 1 fully saturated rings. The molecule has 0 bridgehead atoms. The largest absolute Gasteiger partial charge is 0.433 e. The molecule has 2 rings (SSSR count). The normalized spacial score (nSPS) is 17.1. The van der Waals surface area contributed by atoms with E-state index in [9.17, 15) is 23.7 Å². The van der Waals surface area contributed by atoms with E-state index < -0.39 is 17.6 Å². The molecule has 1 saturated heterocycles. The minimum atomic E-state index is -3.12. The third-order valence-corrected chi connectivity index (χ3v) is 3.15. The van der Waals surface area contributed by atoms with Crippen molar-refractivity contribution < 1.29 is 28.0 Å². The molecule has 1 aliphatic rings. The van der Waals surface area contributed by atoms with Gasteiger partial charge in [-0.2, -0.15) is 8.78 Å². The Balaban J connectivity index is 2.03. The topological polar surface area (TPSA) is 103 Å². The fourth-order valence-electron chi connectivity index (χ4n) is 2.11. The Morgan fingerprint density at radius 3 is 2.91 bits per heavy atom. The Morgan fingerprint density at radius 1 is 1.52 bits per heavy atom. The molecule has 126 valence electrons. The van der Waals surface area contributed by atoms with Crippen LogP contribution in [0.2, 0.25) is 0 Å². The molecule has 0 radical (unpaired) electrons. The lowest BCUT2D eigenvalue weighted by atomic mass is 10.2. The first kappa shape index (κ1) is 16.9. The Hall–Kier alpha value is -2.49. The summed E-state index contributed by atoms with van der Waals surface area (Å²) in [5.74, 6) is -0.363. The summed E-state index contributed by atoms with van der Waals surface area (Å²) in [4.78, 5) is 21.8. The number of urea groups is 1. The fourth-order valence-corrected chi connectivity index (χ4v) is 2.11. The van der Waals surface area contributed by atoms with E-state index in [0.29, 0.717) is 6.61 Å². The summed E-state index contributed by atoms with van der Waals surface area (Å²) < 4.78 is 34.3. The number of non-ortho nitro benzene ring substituents is 1. The second-order valence-electron chi connectivity index (χ2n) is 4.79. The van der Waals surface area contributed by atoms with Gasteiger partial charge < -0.3 is 20.1 Å².